The van der Waals surface area contributed by atoms with Crippen molar-refractivity contribution in [2.45, 2.75) is 29.8 Å². The summed E-state index contributed by atoms with van der Waals surface area (Å²) in [6.07, 6.45) is -3.48. The minimum absolute atomic E-state index is 0.209. The maximum Gasteiger partial charge on any atom is 0.419 e. The molecular formula is C10H9BrF3NO2S. The van der Waals surface area contributed by atoms with Gasteiger partial charge in [-0.15, -0.1) is 11.8 Å². The maximum absolute atomic E-state index is 12.8. The molecule has 0 bridgehead atoms. The van der Waals surface area contributed by atoms with Gasteiger partial charge in [-0.3, -0.25) is 4.79 Å². The van der Waals surface area contributed by atoms with Crippen molar-refractivity contribution in [3.63, 3.8) is 0 Å². The summed E-state index contributed by atoms with van der Waals surface area (Å²) in [7, 11) is 0. The van der Waals surface area contributed by atoms with Gasteiger partial charge in [-0.2, -0.15) is 13.2 Å². The highest BCUT2D eigenvalue weighted by Gasteiger charge is 2.35. The molecule has 8 heteroatoms. The van der Waals surface area contributed by atoms with Gasteiger partial charge in [-0.05, 0) is 22.0 Å². The standard InChI is InChI=1S/C10H9BrF3NO2S/c1-5(2-8(16)17)18-9-7(10(12,13)14)3-6(11)4-15-9/h3-5H,2H2,1H3,(H,16,17). The summed E-state index contributed by atoms with van der Waals surface area (Å²) in [6, 6.07) is 0.933. The molecule has 1 heterocycles. The number of hydrogen-bond acceptors (Lipinski definition) is 3. The van der Waals surface area contributed by atoms with E-state index in [0.29, 0.717) is 0 Å². The second kappa shape index (κ2) is 5.92. The summed E-state index contributed by atoms with van der Waals surface area (Å²) in [6.45, 7) is 1.54. The third-order valence-corrected chi connectivity index (χ3v) is 3.45. The molecule has 0 aliphatic heterocycles. The lowest BCUT2D eigenvalue weighted by Gasteiger charge is -2.14. The lowest BCUT2D eigenvalue weighted by Crippen LogP contribution is -2.11. The molecule has 1 atom stereocenters. The highest BCUT2D eigenvalue weighted by Crippen LogP contribution is 2.38. The zero-order valence-electron chi connectivity index (χ0n) is 9.16. The zero-order valence-corrected chi connectivity index (χ0v) is 11.6. The molecule has 18 heavy (non-hydrogen) atoms. The first-order valence-corrected chi connectivity index (χ1v) is 6.48. The predicted octanol–water partition coefficient (Wildman–Crippen LogP) is 3.82. The van der Waals surface area contributed by atoms with Crippen molar-refractivity contribution < 1.29 is 23.1 Å². The third kappa shape index (κ3) is 4.49. The minimum atomic E-state index is -4.51. The Morgan fingerprint density at radius 3 is 2.72 bits per heavy atom. The fourth-order valence-corrected chi connectivity index (χ4v) is 2.56. The Balaban J connectivity index is 2.98. The Labute approximate surface area is 114 Å². The van der Waals surface area contributed by atoms with Crippen LogP contribution < -0.4 is 0 Å². The average molecular weight is 344 g/mol. The van der Waals surface area contributed by atoms with Crippen molar-refractivity contribution in [3.8, 4) is 0 Å². The fraction of sp³-hybridized carbons (Fsp3) is 0.400. The lowest BCUT2D eigenvalue weighted by atomic mass is 10.3. The Morgan fingerprint density at radius 1 is 1.61 bits per heavy atom. The minimum Gasteiger partial charge on any atom is -0.481 e. The van der Waals surface area contributed by atoms with E-state index in [1.54, 1.807) is 6.92 Å². The Bertz CT molecular complexity index is 453. The van der Waals surface area contributed by atoms with Gasteiger partial charge in [0.15, 0.2) is 0 Å². The van der Waals surface area contributed by atoms with Crippen LogP contribution in [0.25, 0.3) is 0 Å². The summed E-state index contributed by atoms with van der Waals surface area (Å²) >= 11 is 3.73. The topological polar surface area (TPSA) is 50.2 Å². The van der Waals surface area contributed by atoms with Gasteiger partial charge in [0, 0.05) is 15.9 Å². The number of thioether (sulfide) groups is 1. The second-order valence-electron chi connectivity index (χ2n) is 3.53. The molecular weight excluding hydrogens is 335 g/mol. The van der Waals surface area contributed by atoms with E-state index in [-0.39, 0.29) is 15.9 Å². The van der Waals surface area contributed by atoms with E-state index in [4.69, 9.17) is 5.11 Å². The molecule has 0 amide bonds. The van der Waals surface area contributed by atoms with Crippen LogP contribution in [0.3, 0.4) is 0 Å². The Hall–Kier alpha value is -0.760. The number of hydrogen-bond donors (Lipinski definition) is 1. The number of alkyl halides is 3. The molecule has 0 saturated heterocycles. The van der Waals surface area contributed by atoms with E-state index in [1.807, 2.05) is 0 Å². The van der Waals surface area contributed by atoms with E-state index in [0.717, 1.165) is 17.8 Å². The molecule has 0 saturated carbocycles. The van der Waals surface area contributed by atoms with Gasteiger partial charge in [0.2, 0.25) is 0 Å². The first-order valence-electron chi connectivity index (χ1n) is 4.81. The highest BCUT2D eigenvalue weighted by atomic mass is 79.9. The van der Waals surface area contributed by atoms with Gasteiger partial charge in [0.1, 0.15) is 5.03 Å². The first-order chi connectivity index (χ1) is 8.20. The molecule has 1 aromatic heterocycles. The SMILES string of the molecule is CC(CC(=O)O)Sc1ncc(Br)cc1C(F)(F)F. The number of carbonyl (C=O) groups is 1. The molecule has 0 aliphatic rings. The molecule has 0 aliphatic carbocycles. The van der Waals surface area contributed by atoms with Crippen LogP contribution in [0.2, 0.25) is 0 Å². The number of rotatable bonds is 4. The second-order valence-corrected chi connectivity index (χ2v) is 5.87. The number of pyridine rings is 1. The number of nitrogens with zero attached hydrogens (tertiary/aromatic N) is 1. The van der Waals surface area contributed by atoms with Gasteiger partial charge >= 0.3 is 12.1 Å². The summed E-state index contributed by atoms with van der Waals surface area (Å²) in [5.41, 5.74) is -0.862. The number of carboxylic acids is 1. The Kier molecular flexibility index (Phi) is 5.03. The average Bonchev–Trinajstić information content (AvgIpc) is 2.17. The van der Waals surface area contributed by atoms with Crippen LogP contribution in [0, 0.1) is 0 Å². The quantitative estimate of drug-likeness (QED) is 0.844. The molecule has 0 spiro atoms. The molecule has 1 rings (SSSR count). The molecule has 0 fully saturated rings. The van der Waals surface area contributed by atoms with Crippen molar-refractivity contribution in [1.29, 1.82) is 0 Å². The molecule has 0 radical (unpaired) electrons. The van der Waals surface area contributed by atoms with Gasteiger partial charge in [-0.1, -0.05) is 6.92 Å². The monoisotopic (exact) mass is 343 g/mol. The summed E-state index contributed by atoms with van der Waals surface area (Å²) in [4.78, 5) is 14.2. The van der Waals surface area contributed by atoms with Gasteiger partial charge in [-0.25, -0.2) is 4.98 Å². The molecule has 3 nitrogen and oxygen atoms in total. The summed E-state index contributed by atoms with van der Waals surface area (Å²) in [5.74, 6) is -1.05. The van der Waals surface area contributed by atoms with Crippen molar-refractivity contribution in [2.75, 3.05) is 0 Å². The largest absolute Gasteiger partial charge is 0.481 e. The maximum atomic E-state index is 12.8. The van der Waals surface area contributed by atoms with E-state index >= 15 is 0 Å². The molecule has 100 valence electrons. The van der Waals surface area contributed by atoms with Crippen LogP contribution >= 0.6 is 27.7 Å². The van der Waals surface area contributed by atoms with Crippen molar-refractivity contribution >= 4 is 33.7 Å². The van der Waals surface area contributed by atoms with Gasteiger partial charge in [0.25, 0.3) is 0 Å². The molecule has 1 aromatic rings. The Morgan fingerprint density at radius 2 is 2.22 bits per heavy atom. The predicted molar refractivity (Wildman–Crippen MR) is 64.5 cm³/mol. The van der Waals surface area contributed by atoms with E-state index in [1.165, 1.54) is 6.20 Å². The smallest absolute Gasteiger partial charge is 0.419 e. The normalized spacial score (nSPS) is 13.4. The number of halogens is 4. The lowest BCUT2D eigenvalue weighted by molar-refractivity contribution is -0.140. The fourth-order valence-electron chi connectivity index (χ4n) is 1.20. The van der Waals surface area contributed by atoms with Crippen LogP contribution in [0.15, 0.2) is 21.8 Å². The van der Waals surface area contributed by atoms with Crippen LogP contribution in [0.5, 0.6) is 0 Å². The highest BCUT2D eigenvalue weighted by molar-refractivity contribution is 9.10. The number of aliphatic carboxylic acids is 1. The summed E-state index contributed by atoms with van der Waals surface area (Å²) in [5, 5.41) is 7.87. The molecule has 1 N–H and O–H groups in total. The van der Waals surface area contributed by atoms with Gasteiger partial charge in [0.05, 0.1) is 12.0 Å². The first kappa shape index (κ1) is 15.3. The van der Waals surface area contributed by atoms with Gasteiger partial charge < -0.3 is 5.11 Å². The van der Waals surface area contributed by atoms with E-state index < -0.39 is 23.0 Å². The zero-order chi connectivity index (χ0) is 13.9. The molecule has 1 unspecified atom stereocenters. The van der Waals surface area contributed by atoms with E-state index in [2.05, 4.69) is 20.9 Å². The van der Waals surface area contributed by atoms with Crippen molar-refractivity contribution in [1.82, 2.24) is 4.98 Å². The third-order valence-electron chi connectivity index (χ3n) is 1.90. The van der Waals surface area contributed by atoms with Crippen LogP contribution in [-0.4, -0.2) is 21.3 Å². The van der Waals surface area contributed by atoms with Crippen molar-refractivity contribution in [3.05, 3.63) is 22.3 Å². The molecule has 0 aromatic carbocycles. The van der Waals surface area contributed by atoms with Crippen LogP contribution in [0.4, 0.5) is 13.2 Å². The van der Waals surface area contributed by atoms with Crippen molar-refractivity contribution in [2.24, 2.45) is 0 Å². The summed E-state index contributed by atoms with van der Waals surface area (Å²) < 4.78 is 38.5. The van der Waals surface area contributed by atoms with Crippen LogP contribution in [0.1, 0.15) is 18.9 Å². The number of aromatic nitrogens is 1. The van der Waals surface area contributed by atoms with E-state index in [9.17, 15) is 18.0 Å². The van der Waals surface area contributed by atoms with Crippen LogP contribution in [-0.2, 0) is 11.0 Å². The number of carboxylic acid groups (broad SMARTS) is 1.